The topological polar surface area (TPSA) is 125 Å². The van der Waals surface area contributed by atoms with E-state index in [4.69, 9.17) is 4.84 Å². The van der Waals surface area contributed by atoms with Gasteiger partial charge >= 0.3 is 0 Å². The highest BCUT2D eigenvalue weighted by Gasteiger charge is 2.64. The average Bonchev–Trinajstić information content (AvgIpc) is 2.90. The van der Waals surface area contributed by atoms with Crippen molar-refractivity contribution < 1.29 is 25.3 Å². The van der Waals surface area contributed by atoms with Gasteiger partial charge in [-0.1, -0.05) is 18.1 Å². The first-order valence-corrected chi connectivity index (χ1v) is 8.88. The van der Waals surface area contributed by atoms with Crippen LogP contribution < -0.4 is 0 Å². The molecule has 3 aliphatic rings. The Morgan fingerprint density at radius 2 is 2.04 bits per heavy atom. The van der Waals surface area contributed by atoms with Crippen molar-refractivity contribution in [2.45, 2.75) is 50.7 Å². The Morgan fingerprint density at radius 1 is 1.31 bits per heavy atom. The zero-order chi connectivity index (χ0) is 18.7. The Labute approximate surface area is 150 Å². The lowest BCUT2D eigenvalue weighted by molar-refractivity contribution is -0.775. The summed E-state index contributed by atoms with van der Waals surface area (Å²) < 4.78 is 0. The van der Waals surface area contributed by atoms with E-state index in [1.54, 1.807) is 12.1 Å². The van der Waals surface area contributed by atoms with E-state index in [0.717, 1.165) is 12.0 Å². The number of aliphatic hydroxyl groups is 1. The highest BCUT2D eigenvalue weighted by Crippen LogP contribution is 2.62. The third-order valence-corrected chi connectivity index (χ3v) is 6.90. The lowest BCUT2D eigenvalue weighted by Gasteiger charge is -2.56. The quantitative estimate of drug-likeness (QED) is 0.421. The van der Waals surface area contributed by atoms with E-state index in [1.165, 1.54) is 6.07 Å². The third kappa shape index (κ3) is 2.14. The molecule has 5 atom stereocenters. The molecule has 3 N–H and O–H groups in total. The maximum atomic E-state index is 11.7. The molecule has 0 amide bonds. The van der Waals surface area contributed by atoms with Crippen molar-refractivity contribution >= 4 is 5.71 Å². The van der Waals surface area contributed by atoms with Crippen molar-refractivity contribution in [3.05, 3.63) is 39.4 Å². The van der Waals surface area contributed by atoms with Crippen LogP contribution in [-0.2, 0) is 16.9 Å². The second kappa shape index (κ2) is 5.57. The van der Waals surface area contributed by atoms with Crippen molar-refractivity contribution in [3.63, 3.8) is 0 Å². The van der Waals surface area contributed by atoms with Gasteiger partial charge in [0.1, 0.15) is 17.5 Å². The molecule has 8 heteroatoms. The predicted molar refractivity (Wildman–Crippen MR) is 90.4 cm³/mol. The van der Waals surface area contributed by atoms with Gasteiger partial charge in [0.2, 0.25) is 0 Å². The van der Waals surface area contributed by atoms with Crippen LogP contribution in [0.3, 0.4) is 0 Å². The molecule has 8 nitrogen and oxygen atoms in total. The van der Waals surface area contributed by atoms with Crippen LogP contribution in [-0.4, -0.2) is 32.3 Å². The molecule has 4 rings (SSSR count). The number of phenols is 1. The number of aromatic hydroxyl groups is 1. The monoisotopic (exact) mass is 362 g/mol. The maximum Gasteiger partial charge on any atom is 0.294 e. The van der Waals surface area contributed by atoms with Gasteiger partial charge in [-0.2, -0.15) is 0 Å². The van der Waals surface area contributed by atoms with Crippen LogP contribution in [0.1, 0.15) is 43.7 Å². The molecule has 1 aromatic carbocycles. The van der Waals surface area contributed by atoms with Crippen LogP contribution in [0.25, 0.3) is 0 Å². The van der Waals surface area contributed by atoms with Crippen LogP contribution in [0.4, 0.5) is 0 Å². The molecule has 2 saturated carbocycles. The number of aryl methyl sites for hydroxylation is 1. The Morgan fingerprint density at radius 3 is 2.73 bits per heavy atom. The second-order valence-corrected chi connectivity index (χ2v) is 7.94. The third-order valence-electron chi connectivity index (χ3n) is 6.90. The fourth-order valence-electron chi connectivity index (χ4n) is 5.78. The largest absolute Gasteiger partial charge is 0.508 e. The molecule has 0 bridgehead atoms. The standard InChI is InChI=1S/C18H22N2O6/c1-17-9-16(26-20(24)25)18(22)12-5-3-11(21)8-10(12)2-4-14(18)13(17)6-7-15(17)19-23/h3,5,8,13-14,16,21-23H,2,4,6-7,9H2,1H3/t13-,14-,16-,17-,18-/m0/s1. The number of fused-ring (bicyclic) bond motifs is 5. The zero-order valence-corrected chi connectivity index (χ0v) is 14.5. The van der Waals surface area contributed by atoms with Crippen molar-refractivity contribution in [3.8, 4) is 5.75 Å². The number of hydrogen-bond acceptors (Lipinski definition) is 7. The number of hydrogen-bond donors (Lipinski definition) is 3. The van der Waals surface area contributed by atoms with Crippen molar-refractivity contribution in [2.75, 3.05) is 0 Å². The molecule has 0 saturated heterocycles. The molecule has 0 unspecified atom stereocenters. The molecule has 0 spiro atoms. The van der Waals surface area contributed by atoms with Crippen LogP contribution in [0.15, 0.2) is 23.4 Å². The fourth-order valence-corrected chi connectivity index (χ4v) is 5.78. The highest BCUT2D eigenvalue weighted by molar-refractivity contribution is 5.92. The number of benzene rings is 1. The van der Waals surface area contributed by atoms with Gasteiger partial charge in [-0.25, -0.2) is 0 Å². The van der Waals surface area contributed by atoms with E-state index < -0.39 is 22.2 Å². The lowest BCUT2D eigenvalue weighted by Crippen LogP contribution is -2.61. The van der Waals surface area contributed by atoms with E-state index in [-0.39, 0.29) is 24.0 Å². The van der Waals surface area contributed by atoms with Gasteiger partial charge in [-0.05, 0) is 67.2 Å². The first-order chi connectivity index (χ1) is 12.3. The van der Waals surface area contributed by atoms with Gasteiger partial charge in [-0.3, -0.25) is 0 Å². The van der Waals surface area contributed by atoms with Crippen molar-refractivity contribution in [1.82, 2.24) is 0 Å². The Hall–Kier alpha value is -2.35. The van der Waals surface area contributed by atoms with Gasteiger partial charge in [0.15, 0.2) is 0 Å². The highest BCUT2D eigenvalue weighted by atomic mass is 17.0. The summed E-state index contributed by atoms with van der Waals surface area (Å²) in [5.74, 6) is -0.0943. The van der Waals surface area contributed by atoms with E-state index in [9.17, 15) is 25.5 Å². The summed E-state index contributed by atoms with van der Waals surface area (Å²) in [6.45, 7) is 1.95. The fraction of sp³-hybridized carbons (Fsp3) is 0.611. The minimum Gasteiger partial charge on any atom is -0.508 e. The molecule has 0 heterocycles. The molecule has 26 heavy (non-hydrogen) atoms. The van der Waals surface area contributed by atoms with Crippen LogP contribution in [0.2, 0.25) is 0 Å². The Balaban J connectivity index is 1.87. The first-order valence-electron chi connectivity index (χ1n) is 8.88. The number of rotatable bonds is 2. The minimum absolute atomic E-state index is 0.0481. The summed E-state index contributed by atoms with van der Waals surface area (Å²) in [5, 5.41) is 44.7. The van der Waals surface area contributed by atoms with Gasteiger partial charge < -0.3 is 20.3 Å². The molecule has 140 valence electrons. The molecule has 0 aliphatic heterocycles. The van der Waals surface area contributed by atoms with E-state index >= 15 is 0 Å². The summed E-state index contributed by atoms with van der Waals surface area (Å²) in [7, 11) is 0. The molecule has 0 aromatic heterocycles. The first kappa shape index (κ1) is 17.1. The predicted octanol–water partition coefficient (Wildman–Crippen LogP) is 2.37. The summed E-state index contributed by atoms with van der Waals surface area (Å²) in [6, 6.07) is 4.74. The van der Waals surface area contributed by atoms with Crippen LogP contribution >= 0.6 is 0 Å². The van der Waals surface area contributed by atoms with E-state index in [1.807, 2.05) is 6.92 Å². The number of oxime groups is 1. The number of nitrogens with zero attached hydrogens (tertiary/aromatic N) is 2. The molecule has 3 aliphatic carbocycles. The van der Waals surface area contributed by atoms with Crippen LogP contribution in [0, 0.1) is 27.4 Å². The van der Waals surface area contributed by atoms with E-state index in [2.05, 4.69) is 5.16 Å². The van der Waals surface area contributed by atoms with Crippen molar-refractivity contribution in [2.24, 2.45) is 22.4 Å². The van der Waals surface area contributed by atoms with Crippen LogP contribution in [0.5, 0.6) is 5.75 Å². The van der Waals surface area contributed by atoms with Gasteiger partial charge in [0.25, 0.3) is 5.09 Å². The minimum atomic E-state index is -1.51. The summed E-state index contributed by atoms with van der Waals surface area (Å²) >= 11 is 0. The summed E-state index contributed by atoms with van der Waals surface area (Å²) in [4.78, 5) is 16.1. The molecule has 1 aromatic rings. The number of phenolic OH excluding ortho intramolecular Hbond substituents is 1. The Bertz CT molecular complexity index is 796. The molecular formula is C18H22N2O6. The van der Waals surface area contributed by atoms with Crippen molar-refractivity contribution in [1.29, 1.82) is 0 Å². The molecule has 0 radical (unpaired) electrons. The zero-order valence-electron chi connectivity index (χ0n) is 14.5. The maximum absolute atomic E-state index is 11.7. The van der Waals surface area contributed by atoms with Gasteiger partial charge in [0, 0.05) is 5.41 Å². The average molecular weight is 362 g/mol. The smallest absolute Gasteiger partial charge is 0.294 e. The molecule has 2 fully saturated rings. The SMILES string of the molecule is C[C@]12C[C@H](O[N+](=O)[O-])[C@]3(O)c4ccc(O)cc4CC[C@H]3[C@@H]1CCC2=NO. The molecular weight excluding hydrogens is 340 g/mol. The van der Waals surface area contributed by atoms with E-state index in [0.29, 0.717) is 30.5 Å². The summed E-state index contributed by atoms with van der Waals surface area (Å²) in [6.07, 6.45) is 1.80. The second-order valence-electron chi connectivity index (χ2n) is 7.94. The Kier molecular flexibility index (Phi) is 3.66. The normalized spacial score (nSPS) is 39.8. The van der Waals surface area contributed by atoms with Gasteiger partial charge in [0.05, 0.1) is 5.71 Å². The summed E-state index contributed by atoms with van der Waals surface area (Å²) in [5.41, 5.74) is -0.0457. The van der Waals surface area contributed by atoms with Gasteiger partial charge in [-0.15, -0.1) is 10.1 Å². The lowest BCUT2D eigenvalue weighted by atomic mass is 9.52.